The molecule has 170 valence electrons. The SMILES string of the molecule is CCOc1ccc(N2C[C@H](C(=O)Nc3ccc(Oc4ccc(C)c(C)c4)cc3)CC2=O)cc1. The zero-order valence-electron chi connectivity index (χ0n) is 19.1. The molecular formula is C27H28N2O4. The molecule has 2 amide bonds. The number of aryl methyl sites for hydroxylation is 2. The van der Waals surface area contributed by atoms with Crippen LogP contribution in [-0.2, 0) is 9.59 Å². The van der Waals surface area contributed by atoms with Gasteiger partial charge in [0.2, 0.25) is 11.8 Å². The molecule has 6 heteroatoms. The molecule has 0 radical (unpaired) electrons. The van der Waals surface area contributed by atoms with Gasteiger partial charge in [0.1, 0.15) is 17.2 Å². The number of nitrogens with one attached hydrogen (secondary N) is 1. The number of benzene rings is 3. The number of carbonyl (C=O) groups is 2. The highest BCUT2D eigenvalue weighted by Gasteiger charge is 2.35. The normalized spacial score (nSPS) is 15.4. The van der Waals surface area contributed by atoms with E-state index in [-0.39, 0.29) is 18.2 Å². The molecular weight excluding hydrogens is 416 g/mol. The minimum atomic E-state index is -0.407. The monoisotopic (exact) mass is 444 g/mol. The van der Waals surface area contributed by atoms with Gasteiger partial charge in [0.05, 0.1) is 12.5 Å². The summed E-state index contributed by atoms with van der Waals surface area (Å²) in [6.07, 6.45) is 0.188. The molecule has 6 nitrogen and oxygen atoms in total. The summed E-state index contributed by atoms with van der Waals surface area (Å²) in [5.74, 6) is 1.58. The van der Waals surface area contributed by atoms with Crippen molar-refractivity contribution in [1.82, 2.24) is 0 Å². The van der Waals surface area contributed by atoms with Gasteiger partial charge >= 0.3 is 0 Å². The first kappa shape index (κ1) is 22.4. The van der Waals surface area contributed by atoms with Gasteiger partial charge in [-0.3, -0.25) is 9.59 Å². The average Bonchev–Trinajstić information content (AvgIpc) is 3.20. The Kier molecular flexibility index (Phi) is 6.63. The third-order valence-electron chi connectivity index (χ3n) is 5.79. The highest BCUT2D eigenvalue weighted by atomic mass is 16.5. The van der Waals surface area contributed by atoms with Crippen molar-refractivity contribution < 1.29 is 19.1 Å². The molecule has 1 aliphatic heterocycles. The van der Waals surface area contributed by atoms with Gasteiger partial charge in [-0.1, -0.05) is 6.07 Å². The number of nitrogens with zero attached hydrogens (tertiary/aromatic N) is 1. The number of ether oxygens (including phenoxy) is 2. The zero-order valence-corrected chi connectivity index (χ0v) is 19.1. The second-order valence-corrected chi connectivity index (χ2v) is 8.19. The summed E-state index contributed by atoms with van der Waals surface area (Å²) >= 11 is 0. The first-order chi connectivity index (χ1) is 15.9. The van der Waals surface area contributed by atoms with E-state index in [0.29, 0.717) is 24.6 Å². The van der Waals surface area contributed by atoms with Gasteiger partial charge in [-0.05, 0) is 92.6 Å². The maximum atomic E-state index is 12.8. The standard InChI is InChI=1S/C27H28N2O4/c1-4-32-23-13-8-22(9-14-23)29-17-20(16-26(29)30)27(31)28-21-6-11-24(12-7-21)33-25-10-5-18(2)19(3)15-25/h5-15,20H,4,16-17H2,1-3H3,(H,28,31)/t20-/m1/s1. The number of rotatable bonds is 7. The molecule has 0 aromatic heterocycles. The summed E-state index contributed by atoms with van der Waals surface area (Å²) in [6.45, 7) is 6.97. The van der Waals surface area contributed by atoms with E-state index in [1.165, 1.54) is 11.1 Å². The zero-order chi connectivity index (χ0) is 23.4. The maximum Gasteiger partial charge on any atom is 0.229 e. The van der Waals surface area contributed by atoms with Crippen molar-refractivity contribution in [2.75, 3.05) is 23.4 Å². The van der Waals surface area contributed by atoms with E-state index in [9.17, 15) is 9.59 Å². The molecule has 1 saturated heterocycles. The Bertz CT molecular complexity index is 1140. The van der Waals surface area contributed by atoms with Crippen LogP contribution < -0.4 is 19.7 Å². The fourth-order valence-corrected chi connectivity index (χ4v) is 3.79. The fraction of sp³-hybridized carbons (Fsp3) is 0.259. The van der Waals surface area contributed by atoms with Crippen LogP contribution in [0.2, 0.25) is 0 Å². The molecule has 1 aliphatic rings. The average molecular weight is 445 g/mol. The lowest BCUT2D eigenvalue weighted by Crippen LogP contribution is -2.28. The van der Waals surface area contributed by atoms with Crippen LogP contribution >= 0.6 is 0 Å². The molecule has 0 spiro atoms. The van der Waals surface area contributed by atoms with E-state index in [4.69, 9.17) is 9.47 Å². The second-order valence-electron chi connectivity index (χ2n) is 8.19. The number of carbonyl (C=O) groups excluding carboxylic acids is 2. The predicted molar refractivity (Wildman–Crippen MR) is 129 cm³/mol. The molecule has 33 heavy (non-hydrogen) atoms. The number of amides is 2. The van der Waals surface area contributed by atoms with E-state index in [0.717, 1.165) is 17.2 Å². The van der Waals surface area contributed by atoms with Gasteiger partial charge in [-0.2, -0.15) is 0 Å². The van der Waals surface area contributed by atoms with Crippen LogP contribution in [0.3, 0.4) is 0 Å². The van der Waals surface area contributed by atoms with Crippen LogP contribution in [0.1, 0.15) is 24.5 Å². The summed E-state index contributed by atoms with van der Waals surface area (Å²) in [5, 5.41) is 2.92. The first-order valence-electron chi connectivity index (χ1n) is 11.1. The molecule has 3 aromatic rings. The third-order valence-corrected chi connectivity index (χ3v) is 5.79. The number of anilines is 2. The molecule has 1 heterocycles. The quantitative estimate of drug-likeness (QED) is 0.524. The van der Waals surface area contributed by atoms with Crippen molar-refractivity contribution in [3.63, 3.8) is 0 Å². The molecule has 0 aliphatic carbocycles. The van der Waals surface area contributed by atoms with Crippen LogP contribution in [0.25, 0.3) is 0 Å². The van der Waals surface area contributed by atoms with Gasteiger partial charge in [-0.15, -0.1) is 0 Å². The lowest BCUT2D eigenvalue weighted by molar-refractivity contribution is -0.122. The van der Waals surface area contributed by atoms with E-state index < -0.39 is 5.92 Å². The largest absolute Gasteiger partial charge is 0.494 e. The predicted octanol–water partition coefficient (Wildman–Crippen LogP) is 5.49. The highest BCUT2D eigenvalue weighted by molar-refractivity contribution is 6.03. The Hall–Kier alpha value is -3.80. The van der Waals surface area contributed by atoms with Crippen molar-refractivity contribution in [2.24, 2.45) is 5.92 Å². The lowest BCUT2D eigenvalue weighted by Gasteiger charge is -2.17. The van der Waals surface area contributed by atoms with Crippen molar-refractivity contribution in [3.05, 3.63) is 77.9 Å². The van der Waals surface area contributed by atoms with Crippen molar-refractivity contribution in [2.45, 2.75) is 27.2 Å². The Morgan fingerprint density at radius 3 is 2.27 bits per heavy atom. The van der Waals surface area contributed by atoms with Crippen molar-refractivity contribution >= 4 is 23.2 Å². The summed E-state index contributed by atoms with van der Waals surface area (Å²) in [5.41, 5.74) is 3.82. The summed E-state index contributed by atoms with van der Waals surface area (Å²) in [4.78, 5) is 26.9. The van der Waals surface area contributed by atoms with Crippen LogP contribution in [-0.4, -0.2) is 25.0 Å². The van der Waals surface area contributed by atoms with Gasteiger partial charge < -0.3 is 19.7 Å². The topological polar surface area (TPSA) is 67.9 Å². The number of hydrogen-bond donors (Lipinski definition) is 1. The number of hydrogen-bond acceptors (Lipinski definition) is 4. The van der Waals surface area contributed by atoms with Gasteiger partial charge in [0.15, 0.2) is 0 Å². The van der Waals surface area contributed by atoms with Gasteiger partial charge in [0, 0.05) is 24.3 Å². The first-order valence-corrected chi connectivity index (χ1v) is 11.1. The van der Waals surface area contributed by atoms with E-state index in [1.807, 2.05) is 68.4 Å². The smallest absolute Gasteiger partial charge is 0.229 e. The van der Waals surface area contributed by atoms with Crippen LogP contribution in [0.15, 0.2) is 66.7 Å². The van der Waals surface area contributed by atoms with Crippen molar-refractivity contribution in [1.29, 1.82) is 0 Å². The fourth-order valence-electron chi connectivity index (χ4n) is 3.79. The third kappa shape index (κ3) is 5.34. The molecule has 0 unspecified atom stereocenters. The molecule has 1 fully saturated rings. The molecule has 1 N–H and O–H groups in total. The van der Waals surface area contributed by atoms with Crippen molar-refractivity contribution in [3.8, 4) is 17.2 Å². The summed E-state index contributed by atoms with van der Waals surface area (Å²) < 4.78 is 11.4. The van der Waals surface area contributed by atoms with E-state index in [1.54, 1.807) is 17.0 Å². The molecule has 3 aromatic carbocycles. The van der Waals surface area contributed by atoms with E-state index in [2.05, 4.69) is 12.2 Å². The van der Waals surface area contributed by atoms with E-state index >= 15 is 0 Å². The Balaban J connectivity index is 1.35. The van der Waals surface area contributed by atoms with Crippen LogP contribution in [0.5, 0.6) is 17.2 Å². The Morgan fingerprint density at radius 1 is 0.939 bits per heavy atom. The van der Waals surface area contributed by atoms with Crippen LogP contribution in [0.4, 0.5) is 11.4 Å². The Morgan fingerprint density at radius 2 is 1.61 bits per heavy atom. The lowest BCUT2D eigenvalue weighted by atomic mass is 10.1. The minimum absolute atomic E-state index is 0.0588. The maximum absolute atomic E-state index is 12.8. The summed E-state index contributed by atoms with van der Waals surface area (Å²) in [6, 6.07) is 20.6. The molecule has 4 rings (SSSR count). The highest BCUT2D eigenvalue weighted by Crippen LogP contribution is 2.29. The molecule has 0 bridgehead atoms. The summed E-state index contributed by atoms with van der Waals surface area (Å²) in [7, 11) is 0. The Labute approximate surface area is 194 Å². The molecule has 0 saturated carbocycles. The minimum Gasteiger partial charge on any atom is -0.494 e. The second kappa shape index (κ2) is 9.77. The molecule has 1 atom stereocenters. The van der Waals surface area contributed by atoms with Crippen LogP contribution in [0, 0.1) is 19.8 Å². The van der Waals surface area contributed by atoms with Gasteiger partial charge in [-0.25, -0.2) is 0 Å². The van der Waals surface area contributed by atoms with Gasteiger partial charge in [0.25, 0.3) is 0 Å².